The van der Waals surface area contributed by atoms with Gasteiger partial charge in [-0.3, -0.25) is 0 Å². The molecule has 0 saturated heterocycles. The Balaban J connectivity index is 2.05. The van der Waals surface area contributed by atoms with Crippen LogP contribution in [0, 0.1) is 5.41 Å². The average molecular weight is 127 g/mol. The summed E-state index contributed by atoms with van der Waals surface area (Å²) >= 11 is 0. The van der Waals surface area contributed by atoms with Crippen molar-refractivity contribution in [2.24, 2.45) is 5.41 Å². The van der Waals surface area contributed by atoms with Crippen molar-refractivity contribution in [2.45, 2.75) is 39.7 Å². The van der Waals surface area contributed by atoms with Gasteiger partial charge in [-0.1, -0.05) is 20.8 Å². The predicted octanol–water partition coefficient (Wildman–Crippen LogP) is 1.78. The molecule has 0 aromatic rings. The highest BCUT2D eigenvalue weighted by Gasteiger charge is 2.36. The fourth-order valence-electron chi connectivity index (χ4n) is 0.841. The molecule has 1 aliphatic rings. The maximum absolute atomic E-state index is 3.45. The summed E-state index contributed by atoms with van der Waals surface area (Å²) < 4.78 is 0. The zero-order chi connectivity index (χ0) is 6.91. The molecule has 1 nitrogen and oxygen atoms in total. The summed E-state index contributed by atoms with van der Waals surface area (Å²) in [5.74, 6) is 0. The molecule has 0 unspecified atom stereocenters. The monoisotopic (exact) mass is 127 g/mol. The molecule has 1 aliphatic carbocycles. The molecule has 9 heavy (non-hydrogen) atoms. The van der Waals surface area contributed by atoms with Gasteiger partial charge in [-0.25, -0.2) is 0 Å². The highest BCUT2D eigenvalue weighted by Crippen LogP contribution is 2.44. The highest BCUT2D eigenvalue weighted by molar-refractivity contribution is 4.90. The molecule has 0 atom stereocenters. The summed E-state index contributed by atoms with van der Waals surface area (Å²) in [6, 6.07) is 0.655. The predicted molar refractivity (Wildman–Crippen MR) is 40.5 cm³/mol. The van der Waals surface area contributed by atoms with Crippen molar-refractivity contribution in [2.75, 3.05) is 6.54 Å². The third-order valence-corrected chi connectivity index (χ3v) is 2.04. The van der Waals surface area contributed by atoms with Crippen molar-refractivity contribution in [1.82, 2.24) is 5.32 Å². The largest absolute Gasteiger partial charge is 0.314 e. The van der Waals surface area contributed by atoms with Crippen molar-refractivity contribution in [3.8, 4) is 0 Å². The molecule has 0 aromatic heterocycles. The Morgan fingerprint density at radius 3 is 2.33 bits per heavy atom. The molecule has 1 heteroatoms. The molecular weight excluding hydrogens is 110 g/mol. The normalized spacial score (nSPS) is 22.7. The van der Waals surface area contributed by atoms with Gasteiger partial charge in [0.15, 0.2) is 0 Å². The van der Waals surface area contributed by atoms with Gasteiger partial charge in [0.1, 0.15) is 0 Å². The van der Waals surface area contributed by atoms with Crippen LogP contribution in [0.25, 0.3) is 0 Å². The van der Waals surface area contributed by atoms with Gasteiger partial charge >= 0.3 is 0 Å². The first kappa shape index (κ1) is 7.07. The number of rotatable bonds is 3. The van der Waals surface area contributed by atoms with E-state index in [1.54, 1.807) is 0 Å². The van der Waals surface area contributed by atoms with Crippen LogP contribution >= 0.6 is 0 Å². The quantitative estimate of drug-likeness (QED) is 0.609. The molecule has 0 heterocycles. The molecule has 0 spiro atoms. The molecule has 1 saturated carbocycles. The zero-order valence-electron chi connectivity index (χ0n) is 6.70. The molecule has 1 rings (SSSR count). The Bertz CT molecular complexity index is 92.7. The maximum Gasteiger partial charge on any atom is 0.00106 e. The lowest BCUT2D eigenvalue weighted by Gasteiger charge is -2.11. The minimum atomic E-state index is 0.655. The van der Waals surface area contributed by atoms with Gasteiger partial charge in [0.25, 0.3) is 0 Å². The topological polar surface area (TPSA) is 12.0 Å². The van der Waals surface area contributed by atoms with Gasteiger partial charge in [0.2, 0.25) is 0 Å². The van der Waals surface area contributed by atoms with Crippen LogP contribution in [0.4, 0.5) is 0 Å². The van der Waals surface area contributed by atoms with E-state index in [0.29, 0.717) is 11.5 Å². The van der Waals surface area contributed by atoms with Crippen molar-refractivity contribution >= 4 is 0 Å². The van der Waals surface area contributed by atoms with Gasteiger partial charge in [0.05, 0.1) is 0 Å². The first-order valence-corrected chi connectivity index (χ1v) is 3.86. The van der Waals surface area contributed by atoms with E-state index < -0.39 is 0 Å². The second-order valence-corrected chi connectivity index (χ2v) is 3.85. The second-order valence-electron chi connectivity index (χ2n) is 3.85. The summed E-state index contributed by atoms with van der Waals surface area (Å²) in [4.78, 5) is 0. The summed E-state index contributed by atoms with van der Waals surface area (Å²) in [6.07, 6.45) is 2.85. The van der Waals surface area contributed by atoms with Crippen molar-refractivity contribution in [3.63, 3.8) is 0 Å². The van der Waals surface area contributed by atoms with Gasteiger partial charge in [-0.15, -0.1) is 0 Å². The molecule has 54 valence electrons. The average Bonchev–Trinajstić information content (AvgIpc) is 2.45. The van der Waals surface area contributed by atoms with E-state index in [-0.39, 0.29) is 0 Å². The Hall–Kier alpha value is -0.0400. The Kier molecular flexibility index (Phi) is 1.80. The fraction of sp³-hybridized carbons (Fsp3) is 1.00. The van der Waals surface area contributed by atoms with E-state index in [1.165, 1.54) is 19.4 Å². The van der Waals surface area contributed by atoms with Crippen LogP contribution < -0.4 is 5.32 Å². The zero-order valence-corrected chi connectivity index (χ0v) is 6.70. The Morgan fingerprint density at radius 2 is 2.00 bits per heavy atom. The van der Waals surface area contributed by atoms with Gasteiger partial charge in [-0.05, 0) is 18.3 Å². The van der Waals surface area contributed by atoms with Gasteiger partial charge in [-0.2, -0.15) is 0 Å². The standard InChI is InChI=1S/C8H17N/c1-7(2)9-6-8(3)4-5-8/h7,9H,4-6H2,1-3H3. The summed E-state index contributed by atoms with van der Waals surface area (Å²) in [6.45, 7) is 7.96. The van der Waals surface area contributed by atoms with E-state index in [0.717, 1.165) is 0 Å². The van der Waals surface area contributed by atoms with Crippen LogP contribution in [-0.4, -0.2) is 12.6 Å². The molecule has 0 bridgehead atoms. The summed E-state index contributed by atoms with van der Waals surface area (Å²) in [5, 5.41) is 3.45. The van der Waals surface area contributed by atoms with E-state index in [9.17, 15) is 0 Å². The Labute approximate surface area is 57.8 Å². The number of nitrogens with one attached hydrogen (secondary N) is 1. The van der Waals surface area contributed by atoms with Gasteiger partial charge in [0, 0.05) is 12.6 Å². The maximum atomic E-state index is 3.45. The number of hydrogen-bond donors (Lipinski definition) is 1. The lowest BCUT2D eigenvalue weighted by molar-refractivity contribution is 0.464. The van der Waals surface area contributed by atoms with Crippen LogP contribution in [0.2, 0.25) is 0 Å². The SMILES string of the molecule is CC(C)NCC1(C)CC1. The highest BCUT2D eigenvalue weighted by atomic mass is 14.9. The Morgan fingerprint density at radius 1 is 1.44 bits per heavy atom. The summed E-state index contributed by atoms with van der Waals surface area (Å²) in [5.41, 5.74) is 0.671. The van der Waals surface area contributed by atoms with E-state index in [2.05, 4.69) is 26.1 Å². The third kappa shape index (κ3) is 2.35. The van der Waals surface area contributed by atoms with Crippen LogP contribution in [0.5, 0.6) is 0 Å². The lowest BCUT2D eigenvalue weighted by atomic mass is 10.1. The van der Waals surface area contributed by atoms with E-state index in [1.807, 2.05) is 0 Å². The molecule has 0 aromatic carbocycles. The molecule has 0 aliphatic heterocycles. The first-order valence-electron chi connectivity index (χ1n) is 3.86. The minimum Gasteiger partial charge on any atom is -0.314 e. The van der Waals surface area contributed by atoms with Crippen LogP contribution in [-0.2, 0) is 0 Å². The van der Waals surface area contributed by atoms with Crippen LogP contribution in [0.15, 0.2) is 0 Å². The minimum absolute atomic E-state index is 0.655. The molecule has 0 amide bonds. The van der Waals surface area contributed by atoms with Crippen molar-refractivity contribution in [3.05, 3.63) is 0 Å². The van der Waals surface area contributed by atoms with Crippen LogP contribution in [0.3, 0.4) is 0 Å². The number of hydrogen-bond acceptors (Lipinski definition) is 1. The molecular formula is C8H17N. The van der Waals surface area contributed by atoms with Crippen molar-refractivity contribution in [1.29, 1.82) is 0 Å². The third-order valence-electron chi connectivity index (χ3n) is 2.04. The van der Waals surface area contributed by atoms with Gasteiger partial charge < -0.3 is 5.32 Å². The first-order chi connectivity index (χ1) is 4.12. The molecule has 0 radical (unpaired) electrons. The lowest BCUT2D eigenvalue weighted by Crippen LogP contribution is -2.28. The fourth-order valence-corrected chi connectivity index (χ4v) is 0.841. The molecule has 1 fully saturated rings. The van der Waals surface area contributed by atoms with E-state index in [4.69, 9.17) is 0 Å². The van der Waals surface area contributed by atoms with Crippen molar-refractivity contribution < 1.29 is 0 Å². The van der Waals surface area contributed by atoms with Crippen LogP contribution in [0.1, 0.15) is 33.6 Å². The van der Waals surface area contributed by atoms with E-state index >= 15 is 0 Å². The summed E-state index contributed by atoms with van der Waals surface area (Å²) in [7, 11) is 0. The smallest absolute Gasteiger partial charge is 0.00106 e. The second kappa shape index (κ2) is 2.30. The molecule has 1 N–H and O–H groups in total.